The molecule has 2 aliphatic rings. The highest BCUT2D eigenvalue weighted by atomic mass is 35.5. The maximum atomic E-state index is 13.3. The Hall–Kier alpha value is -3.26. The van der Waals surface area contributed by atoms with Gasteiger partial charge in [-0.15, -0.1) is 0 Å². The van der Waals surface area contributed by atoms with Crippen molar-refractivity contribution in [3.05, 3.63) is 70.3 Å². The number of urea groups is 1. The summed E-state index contributed by atoms with van der Waals surface area (Å²) in [6.45, 7) is 3.11. The molecule has 0 saturated heterocycles. The molecule has 1 atom stereocenters. The second-order valence-corrected chi connectivity index (χ2v) is 7.75. The van der Waals surface area contributed by atoms with Gasteiger partial charge in [-0.1, -0.05) is 29.8 Å². The summed E-state index contributed by atoms with van der Waals surface area (Å²) in [5.74, 6) is 0.281. The first-order valence-electron chi connectivity index (χ1n) is 10.1. The maximum absolute atomic E-state index is 13.3. The predicted molar refractivity (Wildman–Crippen MR) is 114 cm³/mol. The SMILES string of the molecule is CCN1C(=O)NC(c2ccccc2Cl)C2=C1CN(CCC(=O)NCc1ccco1)C2=O. The minimum absolute atomic E-state index is 0.150. The first-order valence-corrected chi connectivity index (χ1v) is 10.5. The Labute approximate surface area is 184 Å². The average molecular weight is 443 g/mol. The summed E-state index contributed by atoms with van der Waals surface area (Å²) in [5.41, 5.74) is 1.84. The van der Waals surface area contributed by atoms with Gasteiger partial charge >= 0.3 is 6.03 Å². The van der Waals surface area contributed by atoms with Crippen LogP contribution in [0.15, 0.2) is 58.3 Å². The van der Waals surface area contributed by atoms with E-state index in [1.807, 2.05) is 13.0 Å². The Balaban J connectivity index is 1.48. The monoisotopic (exact) mass is 442 g/mol. The number of hydrogen-bond donors (Lipinski definition) is 2. The first kappa shape index (κ1) is 21.0. The smallest absolute Gasteiger partial charge is 0.322 e. The zero-order valence-corrected chi connectivity index (χ0v) is 17.8. The molecular formula is C22H23ClN4O4. The summed E-state index contributed by atoms with van der Waals surface area (Å²) in [6.07, 6.45) is 1.70. The van der Waals surface area contributed by atoms with E-state index in [0.717, 1.165) is 0 Å². The summed E-state index contributed by atoms with van der Waals surface area (Å²) in [5, 5.41) is 6.16. The highest BCUT2D eigenvalue weighted by Gasteiger charge is 2.43. The lowest BCUT2D eigenvalue weighted by molar-refractivity contribution is -0.127. The number of likely N-dealkylation sites (N-methyl/N-ethyl adjacent to an activating group) is 1. The van der Waals surface area contributed by atoms with E-state index in [-0.39, 0.29) is 37.4 Å². The average Bonchev–Trinajstić information content (AvgIpc) is 3.39. The van der Waals surface area contributed by atoms with Gasteiger partial charge in [-0.2, -0.15) is 0 Å². The van der Waals surface area contributed by atoms with E-state index in [4.69, 9.17) is 16.0 Å². The largest absolute Gasteiger partial charge is 0.467 e. The second kappa shape index (κ2) is 8.85. The van der Waals surface area contributed by atoms with Crippen molar-refractivity contribution in [2.24, 2.45) is 0 Å². The van der Waals surface area contributed by atoms with Gasteiger partial charge in [0.1, 0.15) is 5.76 Å². The van der Waals surface area contributed by atoms with Gasteiger partial charge in [-0.05, 0) is 30.7 Å². The van der Waals surface area contributed by atoms with E-state index >= 15 is 0 Å². The van der Waals surface area contributed by atoms with Crippen molar-refractivity contribution in [2.45, 2.75) is 25.9 Å². The maximum Gasteiger partial charge on any atom is 0.322 e. The van der Waals surface area contributed by atoms with Crippen molar-refractivity contribution in [2.75, 3.05) is 19.6 Å². The molecule has 3 heterocycles. The molecule has 4 amide bonds. The van der Waals surface area contributed by atoms with Crippen LogP contribution in [0.1, 0.15) is 30.7 Å². The minimum Gasteiger partial charge on any atom is -0.467 e. The van der Waals surface area contributed by atoms with Gasteiger partial charge in [-0.25, -0.2) is 4.79 Å². The normalized spacial score (nSPS) is 18.3. The van der Waals surface area contributed by atoms with Crippen molar-refractivity contribution in [1.29, 1.82) is 0 Å². The minimum atomic E-state index is -0.621. The molecule has 9 heteroatoms. The molecule has 2 N–H and O–H groups in total. The van der Waals surface area contributed by atoms with Crippen molar-refractivity contribution in [3.63, 3.8) is 0 Å². The molecule has 0 bridgehead atoms. The van der Waals surface area contributed by atoms with E-state index in [1.165, 1.54) is 0 Å². The fraction of sp³-hybridized carbons (Fsp3) is 0.318. The lowest BCUT2D eigenvalue weighted by Crippen LogP contribution is -2.47. The Kier molecular flexibility index (Phi) is 5.99. The molecule has 2 aliphatic heterocycles. The predicted octanol–water partition coefficient (Wildman–Crippen LogP) is 2.82. The van der Waals surface area contributed by atoms with Crippen LogP contribution in [0.2, 0.25) is 5.02 Å². The van der Waals surface area contributed by atoms with Crippen molar-refractivity contribution in [1.82, 2.24) is 20.4 Å². The van der Waals surface area contributed by atoms with Crippen molar-refractivity contribution >= 4 is 29.4 Å². The van der Waals surface area contributed by atoms with Crippen molar-refractivity contribution in [3.8, 4) is 0 Å². The molecule has 1 aromatic carbocycles. The molecule has 0 aliphatic carbocycles. The van der Waals surface area contributed by atoms with Crippen LogP contribution < -0.4 is 10.6 Å². The van der Waals surface area contributed by atoms with Gasteiger partial charge in [0.15, 0.2) is 0 Å². The molecule has 4 rings (SSSR count). The zero-order valence-electron chi connectivity index (χ0n) is 17.1. The Bertz CT molecular complexity index is 1030. The van der Waals surface area contributed by atoms with E-state index in [1.54, 1.807) is 46.4 Å². The summed E-state index contributed by atoms with van der Waals surface area (Å²) in [6, 6.07) is 9.80. The molecule has 31 heavy (non-hydrogen) atoms. The van der Waals surface area contributed by atoms with Gasteiger partial charge < -0.3 is 20.0 Å². The number of hydrogen-bond acceptors (Lipinski definition) is 4. The molecular weight excluding hydrogens is 420 g/mol. The fourth-order valence-electron chi connectivity index (χ4n) is 3.93. The number of halogens is 1. The van der Waals surface area contributed by atoms with Crippen LogP contribution in [0.25, 0.3) is 0 Å². The molecule has 0 spiro atoms. The fourth-order valence-corrected chi connectivity index (χ4v) is 4.17. The van der Waals surface area contributed by atoms with Gasteiger partial charge in [0.25, 0.3) is 5.91 Å². The molecule has 8 nitrogen and oxygen atoms in total. The number of nitrogens with zero attached hydrogens (tertiary/aromatic N) is 2. The highest BCUT2D eigenvalue weighted by Crippen LogP contribution is 2.38. The van der Waals surface area contributed by atoms with E-state index in [2.05, 4.69) is 10.6 Å². The molecule has 0 saturated carbocycles. The summed E-state index contributed by atoms with van der Waals surface area (Å²) >= 11 is 6.36. The van der Waals surface area contributed by atoms with E-state index in [0.29, 0.717) is 40.7 Å². The molecule has 1 unspecified atom stereocenters. The highest BCUT2D eigenvalue weighted by molar-refractivity contribution is 6.31. The molecule has 2 aromatic rings. The number of furan rings is 1. The molecule has 0 fully saturated rings. The van der Waals surface area contributed by atoms with Crippen LogP contribution in [0.3, 0.4) is 0 Å². The Morgan fingerprint density at radius 1 is 1.26 bits per heavy atom. The summed E-state index contributed by atoms with van der Waals surface area (Å²) in [7, 11) is 0. The number of rotatable bonds is 7. The Morgan fingerprint density at radius 3 is 2.77 bits per heavy atom. The number of carbonyl (C=O) groups excluding carboxylic acids is 3. The van der Waals surface area contributed by atoms with Gasteiger partial charge in [-0.3, -0.25) is 14.5 Å². The van der Waals surface area contributed by atoms with Crippen LogP contribution in [0.5, 0.6) is 0 Å². The Morgan fingerprint density at radius 2 is 2.06 bits per heavy atom. The topological polar surface area (TPSA) is 94.9 Å². The van der Waals surface area contributed by atoms with E-state index < -0.39 is 6.04 Å². The van der Waals surface area contributed by atoms with E-state index in [9.17, 15) is 14.4 Å². The lowest BCUT2D eigenvalue weighted by Gasteiger charge is -2.33. The van der Waals surface area contributed by atoms with Crippen LogP contribution >= 0.6 is 11.6 Å². The third kappa shape index (κ3) is 4.16. The lowest BCUT2D eigenvalue weighted by atomic mass is 9.95. The molecule has 162 valence electrons. The molecule has 0 radical (unpaired) electrons. The quantitative estimate of drug-likeness (QED) is 0.689. The zero-order chi connectivity index (χ0) is 22.0. The van der Waals surface area contributed by atoms with Gasteiger partial charge in [0.2, 0.25) is 5.91 Å². The van der Waals surface area contributed by atoms with Gasteiger partial charge in [0.05, 0.1) is 36.7 Å². The molecule has 1 aromatic heterocycles. The summed E-state index contributed by atoms with van der Waals surface area (Å²) in [4.78, 5) is 41.3. The number of amides is 4. The number of carbonyl (C=O) groups is 3. The van der Waals surface area contributed by atoms with Gasteiger partial charge in [0, 0.05) is 24.5 Å². The summed E-state index contributed by atoms with van der Waals surface area (Å²) < 4.78 is 5.20. The first-order chi connectivity index (χ1) is 15.0. The van der Waals surface area contributed by atoms with Crippen LogP contribution in [0, 0.1) is 0 Å². The number of benzene rings is 1. The van der Waals surface area contributed by atoms with Crippen LogP contribution in [0.4, 0.5) is 4.79 Å². The third-order valence-electron chi connectivity index (χ3n) is 5.48. The van der Waals surface area contributed by atoms with Crippen molar-refractivity contribution < 1.29 is 18.8 Å². The number of nitrogens with one attached hydrogen (secondary N) is 2. The second-order valence-electron chi connectivity index (χ2n) is 7.34. The van der Waals surface area contributed by atoms with Crippen LogP contribution in [-0.4, -0.2) is 47.3 Å². The standard InChI is InChI=1S/C22H23ClN4O4/c1-2-27-17-13-26(10-9-18(28)24-12-14-6-5-11-31-14)21(29)19(17)20(25-22(27)30)15-7-3-4-8-16(15)23/h3-8,11,20H,2,9-10,12-13H2,1H3,(H,24,28)(H,25,30). The van der Waals surface area contributed by atoms with Crippen LogP contribution in [-0.2, 0) is 16.1 Å². The third-order valence-corrected chi connectivity index (χ3v) is 5.82.